The normalized spacial score (nSPS) is 13.9. The van der Waals surface area contributed by atoms with E-state index in [1.54, 1.807) is 36.9 Å². The molecule has 0 radical (unpaired) electrons. The molecule has 6 rings (SSSR count). The highest BCUT2D eigenvalue weighted by atomic mass is 32.1. The average Bonchev–Trinajstić information content (AvgIpc) is 3.57. The van der Waals surface area contributed by atoms with E-state index in [-0.39, 0.29) is 0 Å². The number of nitrogens with zero attached hydrogens (tertiary/aromatic N) is 3. The lowest BCUT2D eigenvalue weighted by Crippen LogP contribution is -2.30. The van der Waals surface area contributed by atoms with Gasteiger partial charge >= 0.3 is 0 Å². The minimum Gasteiger partial charge on any atom is -0.497 e. The molecule has 0 saturated carbocycles. The summed E-state index contributed by atoms with van der Waals surface area (Å²) in [4.78, 5) is 13.9. The third kappa shape index (κ3) is 4.16. The second kappa shape index (κ2) is 9.39. The summed E-state index contributed by atoms with van der Waals surface area (Å²) in [5, 5.41) is 6.72. The maximum atomic E-state index is 5.59. The van der Waals surface area contributed by atoms with E-state index < -0.39 is 0 Å². The van der Waals surface area contributed by atoms with Crippen molar-refractivity contribution in [3.05, 3.63) is 46.8 Å². The highest BCUT2D eigenvalue weighted by molar-refractivity contribution is 7.24. The van der Waals surface area contributed by atoms with E-state index in [1.807, 2.05) is 23.5 Å². The quantitative estimate of drug-likeness (QED) is 0.245. The number of thiophene rings is 1. The summed E-state index contributed by atoms with van der Waals surface area (Å²) in [6, 6.07) is 12.3. The Morgan fingerprint density at radius 3 is 2.71 bits per heavy atom. The summed E-state index contributed by atoms with van der Waals surface area (Å²) in [6.07, 6.45) is 2.22. The minimum atomic E-state index is 0.718. The van der Waals surface area contributed by atoms with Gasteiger partial charge in [-0.2, -0.15) is 0 Å². The predicted octanol–water partition coefficient (Wildman–Crippen LogP) is 7.16. The number of aromatic nitrogens is 2. The third-order valence-corrected chi connectivity index (χ3v) is 9.40. The minimum absolute atomic E-state index is 0.718. The molecule has 1 N–H and O–H groups in total. The zero-order valence-electron chi connectivity index (χ0n) is 19.9. The van der Waals surface area contributed by atoms with E-state index in [0.29, 0.717) is 0 Å². The van der Waals surface area contributed by atoms with Gasteiger partial charge in [0.15, 0.2) is 5.13 Å². The second-order valence-corrected chi connectivity index (χ2v) is 11.7. The largest absolute Gasteiger partial charge is 0.497 e. The molecule has 9 heteroatoms. The molecule has 180 valence electrons. The molecule has 0 fully saturated rings. The molecule has 0 bridgehead atoms. The Kier molecular flexibility index (Phi) is 6.09. The lowest BCUT2D eigenvalue weighted by Gasteiger charge is -2.26. The molecule has 5 aromatic rings. The van der Waals surface area contributed by atoms with Gasteiger partial charge in [-0.3, -0.25) is 4.90 Å². The van der Waals surface area contributed by atoms with Crippen molar-refractivity contribution in [2.75, 3.05) is 32.6 Å². The van der Waals surface area contributed by atoms with Gasteiger partial charge in [-0.05, 0) is 43.1 Å². The highest BCUT2D eigenvalue weighted by Crippen LogP contribution is 2.47. The fourth-order valence-corrected chi connectivity index (χ4v) is 8.04. The first-order chi connectivity index (χ1) is 17.2. The van der Waals surface area contributed by atoms with Crippen LogP contribution in [0.5, 0.6) is 11.5 Å². The van der Waals surface area contributed by atoms with Crippen LogP contribution in [-0.2, 0) is 13.0 Å². The van der Waals surface area contributed by atoms with Gasteiger partial charge in [0, 0.05) is 29.6 Å². The standard InChI is InChI=1S/C26H26N4O2S3/c1-4-10-30-11-9-16-21(14-30)34-25(22(16)24-27-17-7-5-6-8-19(17)33-24)29-26-28-23-18(32-3)12-15(31-2)13-20(23)35-26/h5-8,12-13H,4,9-11,14H2,1-3H3,(H,28,29). The molecule has 3 aromatic heterocycles. The van der Waals surface area contributed by atoms with Crippen LogP contribution >= 0.6 is 34.0 Å². The van der Waals surface area contributed by atoms with Crippen LogP contribution < -0.4 is 14.8 Å². The molecule has 1 aliphatic rings. The number of hydrogen-bond donors (Lipinski definition) is 1. The van der Waals surface area contributed by atoms with Gasteiger partial charge in [0.25, 0.3) is 0 Å². The zero-order valence-corrected chi connectivity index (χ0v) is 22.3. The summed E-state index contributed by atoms with van der Waals surface area (Å²) in [6.45, 7) is 5.47. The van der Waals surface area contributed by atoms with Crippen LogP contribution in [0.3, 0.4) is 0 Å². The van der Waals surface area contributed by atoms with Crippen LogP contribution in [0.15, 0.2) is 36.4 Å². The van der Waals surface area contributed by atoms with Crippen LogP contribution in [0, 0.1) is 0 Å². The van der Waals surface area contributed by atoms with Crippen LogP contribution in [0.2, 0.25) is 0 Å². The van der Waals surface area contributed by atoms with E-state index in [2.05, 4.69) is 41.4 Å². The van der Waals surface area contributed by atoms with Crippen molar-refractivity contribution in [1.29, 1.82) is 0 Å². The van der Waals surface area contributed by atoms with E-state index in [9.17, 15) is 0 Å². The molecule has 0 amide bonds. The van der Waals surface area contributed by atoms with E-state index in [1.165, 1.54) is 27.1 Å². The molecule has 1 aliphatic heterocycles. The van der Waals surface area contributed by atoms with Gasteiger partial charge in [-0.15, -0.1) is 22.7 Å². The SMILES string of the molecule is CCCN1CCc2c(sc(Nc3nc4c(OC)cc(OC)cc4s3)c2-c2nc3ccccc3s2)C1. The summed E-state index contributed by atoms with van der Waals surface area (Å²) in [7, 11) is 3.34. The Hall–Kier alpha value is -2.72. The topological polar surface area (TPSA) is 59.5 Å². The lowest BCUT2D eigenvalue weighted by molar-refractivity contribution is 0.258. The summed E-state index contributed by atoms with van der Waals surface area (Å²) in [5.41, 5.74) is 4.58. The first-order valence-electron chi connectivity index (χ1n) is 11.7. The van der Waals surface area contributed by atoms with Crippen molar-refractivity contribution in [2.24, 2.45) is 0 Å². The van der Waals surface area contributed by atoms with Crippen LogP contribution in [0.4, 0.5) is 10.1 Å². The number of nitrogens with one attached hydrogen (secondary N) is 1. The number of ether oxygens (including phenoxy) is 2. The van der Waals surface area contributed by atoms with Crippen molar-refractivity contribution in [3.63, 3.8) is 0 Å². The van der Waals surface area contributed by atoms with Crippen LogP contribution in [0.1, 0.15) is 23.8 Å². The molecule has 4 heterocycles. The number of fused-ring (bicyclic) bond motifs is 3. The predicted molar refractivity (Wildman–Crippen MR) is 148 cm³/mol. The van der Waals surface area contributed by atoms with Crippen molar-refractivity contribution >= 4 is 64.6 Å². The van der Waals surface area contributed by atoms with Crippen molar-refractivity contribution < 1.29 is 9.47 Å². The number of para-hydroxylation sites is 1. The Morgan fingerprint density at radius 2 is 1.91 bits per heavy atom. The van der Waals surface area contributed by atoms with E-state index in [0.717, 1.165) is 68.4 Å². The maximum absolute atomic E-state index is 5.59. The molecule has 6 nitrogen and oxygen atoms in total. The third-order valence-electron chi connectivity index (χ3n) is 6.29. The summed E-state index contributed by atoms with van der Waals surface area (Å²) >= 11 is 5.22. The van der Waals surface area contributed by atoms with Crippen LogP contribution in [0.25, 0.3) is 31.0 Å². The number of methoxy groups -OCH3 is 2. The van der Waals surface area contributed by atoms with Gasteiger partial charge in [0.1, 0.15) is 27.0 Å². The first kappa shape index (κ1) is 22.7. The molecule has 2 aromatic carbocycles. The maximum Gasteiger partial charge on any atom is 0.189 e. The first-order valence-corrected chi connectivity index (χ1v) is 14.1. The summed E-state index contributed by atoms with van der Waals surface area (Å²) in [5.74, 6) is 1.48. The van der Waals surface area contributed by atoms with Crippen molar-refractivity contribution in [1.82, 2.24) is 14.9 Å². The number of rotatable bonds is 7. The molecule has 0 atom stereocenters. The van der Waals surface area contributed by atoms with Gasteiger partial charge in [-0.25, -0.2) is 9.97 Å². The van der Waals surface area contributed by atoms with E-state index in [4.69, 9.17) is 19.4 Å². The molecule has 35 heavy (non-hydrogen) atoms. The van der Waals surface area contributed by atoms with Gasteiger partial charge in [-0.1, -0.05) is 30.4 Å². The average molecular weight is 523 g/mol. The number of thiazole rings is 2. The number of hydrogen-bond acceptors (Lipinski definition) is 9. The molecular formula is C26H26N4O2S3. The Labute approximate surface area is 216 Å². The van der Waals surface area contributed by atoms with E-state index >= 15 is 0 Å². The van der Waals surface area contributed by atoms with Crippen molar-refractivity contribution in [3.8, 4) is 22.1 Å². The Bertz CT molecular complexity index is 1490. The monoisotopic (exact) mass is 522 g/mol. The van der Waals surface area contributed by atoms with Crippen LogP contribution in [-0.4, -0.2) is 42.2 Å². The molecule has 0 spiro atoms. The summed E-state index contributed by atoms with van der Waals surface area (Å²) < 4.78 is 13.3. The molecular weight excluding hydrogens is 497 g/mol. The fraction of sp³-hybridized carbons (Fsp3) is 0.308. The fourth-order valence-electron chi connectivity index (χ4n) is 4.66. The van der Waals surface area contributed by atoms with Gasteiger partial charge in [0.05, 0.1) is 29.1 Å². The molecule has 0 aliphatic carbocycles. The molecule has 0 unspecified atom stereocenters. The Balaban J connectivity index is 1.45. The highest BCUT2D eigenvalue weighted by Gasteiger charge is 2.27. The molecule has 0 saturated heterocycles. The van der Waals surface area contributed by atoms with Gasteiger partial charge in [0.2, 0.25) is 0 Å². The van der Waals surface area contributed by atoms with Crippen molar-refractivity contribution in [2.45, 2.75) is 26.3 Å². The number of benzene rings is 2. The smallest absolute Gasteiger partial charge is 0.189 e. The second-order valence-electron chi connectivity index (χ2n) is 8.54. The lowest BCUT2D eigenvalue weighted by atomic mass is 10.0. The zero-order chi connectivity index (χ0) is 23.9. The van der Waals surface area contributed by atoms with Gasteiger partial charge < -0.3 is 14.8 Å². The Morgan fingerprint density at radius 1 is 1.03 bits per heavy atom. The number of anilines is 2.